The fourth-order valence-electron chi connectivity index (χ4n) is 2.37. The fraction of sp³-hybridized carbons (Fsp3) is 0.438. The molecule has 1 atom stereocenters. The molecule has 2 rings (SSSR count). The topological polar surface area (TPSA) is 39.1 Å². The summed E-state index contributed by atoms with van der Waals surface area (Å²) in [5, 5.41) is 3.40. The van der Waals surface area contributed by atoms with Crippen LogP contribution in [-0.2, 0) is 4.74 Å². The van der Waals surface area contributed by atoms with Crippen molar-refractivity contribution in [3.8, 4) is 5.69 Å². The van der Waals surface area contributed by atoms with Crippen molar-refractivity contribution >= 4 is 5.95 Å². The lowest BCUT2D eigenvalue weighted by molar-refractivity contribution is 0.190. The van der Waals surface area contributed by atoms with Crippen LogP contribution in [0.25, 0.3) is 5.69 Å². The highest BCUT2D eigenvalue weighted by Crippen LogP contribution is 2.21. The zero-order chi connectivity index (χ0) is 14.7. The normalized spacial score (nSPS) is 12.4. The zero-order valence-corrected chi connectivity index (χ0v) is 12.9. The van der Waals surface area contributed by atoms with Crippen LogP contribution in [0.4, 0.5) is 5.95 Å². The van der Waals surface area contributed by atoms with Gasteiger partial charge in [0.15, 0.2) is 0 Å². The molecule has 1 aromatic heterocycles. The van der Waals surface area contributed by atoms with Gasteiger partial charge >= 0.3 is 0 Å². The van der Waals surface area contributed by atoms with E-state index >= 15 is 0 Å². The van der Waals surface area contributed by atoms with Gasteiger partial charge in [0.25, 0.3) is 0 Å². The van der Waals surface area contributed by atoms with Crippen molar-refractivity contribution in [1.29, 1.82) is 0 Å². The lowest BCUT2D eigenvalue weighted by Crippen LogP contribution is -2.23. The Hall–Kier alpha value is -1.81. The molecule has 0 spiro atoms. The van der Waals surface area contributed by atoms with E-state index in [1.807, 2.05) is 6.92 Å². The molecule has 0 aliphatic carbocycles. The summed E-state index contributed by atoms with van der Waals surface area (Å²) in [7, 11) is 1.71. The molecule has 0 bridgehead atoms. The fourth-order valence-corrected chi connectivity index (χ4v) is 2.37. The molecule has 4 heteroatoms. The highest BCUT2D eigenvalue weighted by molar-refractivity contribution is 5.49. The number of aryl methyl sites for hydroxylation is 3. The van der Waals surface area contributed by atoms with Gasteiger partial charge in [-0.1, -0.05) is 17.7 Å². The molecule has 0 fully saturated rings. The molecule has 1 heterocycles. The van der Waals surface area contributed by atoms with Crippen LogP contribution in [0.2, 0.25) is 0 Å². The number of anilines is 1. The Morgan fingerprint density at radius 2 is 2.05 bits per heavy atom. The summed E-state index contributed by atoms with van der Waals surface area (Å²) in [6, 6.07) is 6.66. The Morgan fingerprint density at radius 3 is 2.70 bits per heavy atom. The van der Waals surface area contributed by atoms with E-state index in [2.05, 4.69) is 60.0 Å². The average Bonchev–Trinajstić information content (AvgIpc) is 2.70. The first kappa shape index (κ1) is 14.6. The smallest absolute Gasteiger partial charge is 0.208 e. The van der Waals surface area contributed by atoms with Crippen molar-refractivity contribution in [1.82, 2.24) is 9.55 Å². The lowest BCUT2D eigenvalue weighted by atomic mass is 10.1. The van der Waals surface area contributed by atoms with Crippen molar-refractivity contribution in [3.05, 3.63) is 41.2 Å². The maximum Gasteiger partial charge on any atom is 0.208 e. The molecule has 0 saturated carbocycles. The molecule has 1 unspecified atom stereocenters. The quantitative estimate of drug-likeness (QED) is 0.909. The molecule has 1 N–H and O–H groups in total. The predicted octanol–water partition coefficient (Wildman–Crippen LogP) is 3.24. The van der Waals surface area contributed by atoms with Gasteiger partial charge in [0.1, 0.15) is 0 Å². The molecule has 20 heavy (non-hydrogen) atoms. The number of nitrogens with one attached hydrogen (secondary N) is 1. The number of ether oxygens (including phenoxy) is 1. The van der Waals surface area contributed by atoms with Crippen LogP contribution in [0.15, 0.2) is 24.4 Å². The molecule has 4 nitrogen and oxygen atoms in total. The Balaban J connectivity index is 2.36. The van der Waals surface area contributed by atoms with Crippen molar-refractivity contribution in [2.45, 2.75) is 33.7 Å². The van der Waals surface area contributed by atoms with Crippen molar-refractivity contribution in [2.24, 2.45) is 0 Å². The summed E-state index contributed by atoms with van der Waals surface area (Å²) in [5.74, 6) is 0.860. The second-order valence-corrected chi connectivity index (χ2v) is 5.37. The maximum atomic E-state index is 5.17. The number of rotatable bonds is 5. The summed E-state index contributed by atoms with van der Waals surface area (Å²) >= 11 is 0. The highest BCUT2D eigenvalue weighted by atomic mass is 16.5. The van der Waals surface area contributed by atoms with Gasteiger partial charge in [-0.15, -0.1) is 0 Å². The van der Waals surface area contributed by atoms with E-state index in [0.717, 1.165) is 17.3 Å². The summed E-state index contributed by atoms with van der Waals surface area (Å²) in [6.07, 6.45) is 2.06. The Kier molecular flexibility index (Phi) is 4.45. The van der Waals surface area contributed by atoms with Gasteiger partial charge in [-0.2, -0.15) is 0 Å². The largest absolute Gasteiger partial charge is 0.383 e. The van der Waals surface area contributed by atoms with E-state index in [9.17, 15) is 0 Å². The van der Waals surface area contributed by atoms with Gasteiger partial charge < -0.3 is 10.1 Å². The number of benzene rings is 1. The lowest BCUT2D eigenvalue weighted by Gasteiger charge is -2.16. The number of aromatic nitrogens is 2. The minimum atomic E-state index is 0.214. The molecule has 108 valence electrons. The van der Waals surface area contributed by atoms with Crippen LogP contribution in [0.3, 0.4) is 0 Å². The van der Waals surface area contributed by atoms with Gasteiger partial charge in [0.05, 0.1) is 18.0 Å². The predicted molar refractivity (Wildman–Crippen MR) is 82.7 cm³/mol. The van der Waals surface area contributed by atoms with Crippen LogP contribution >= 0.6 is 0 Å². The number of hydrogen-bond donors (Lipinski definition) is 1. The summed E-state index contributed by atoms with van der Waals surface area (Å²) < 4.78 is 7.28. The van der Waals surface area contributed by atoms with Crippen molar-refractivity contribution in [3.63, 3.8) is 0 Å². The molecule has 0 amide bonds. The molecule has 0 radical (unpaired) electrons. The van der Waals surface area contributed by atoms with Crippen LogP contribution in [0.5, 0.6) is 0 Å². The van der Waals surface area contributed by atoms with Gasteiger partial charge in [0, 0.05) is 19.3 Å². The van der Waals surface area contributed by atoms with E-state index in [4.69, 9.17) is 4.74 Å². The van der Waals surface area contributed by atoms with E-state index in [0.29, 0.717) is 6.61 Å². The number of methoxy groups -OCH3 is 1. The summed E-state index contributed by atoms with van der Waals surface area (Å²) in [5.41, 5.74) is 4.66. The summed E-state index contributed by atoms with van der Waals surface area (Å²) in [6.45, 7) is 8.97. The van der Waals surface area contributed by atoms with E-state index in [-0.39, 0.29) is 6.04 Å². The van der Waals surface area contributed by atoms with Crippen LogP contribution in [0.1, 0.15) is 23.7 Å². The second-order valence-electron chi connectivity index (χ2n) is 5.37. The molecule has 2 aromatic rings. The van der Waals surface area contributed by atoms with Gasteiger partial charge in [-0.05, 0) is 39.3 Å². The number of nitrogens with zero attached hydrogens (tertiary/aromatic N) is 2. The number of hydrogen-bond acceptors (Lipinski definition) is 3. The molecule has 0 saturated heterocycles. The molecule has 0 aliphatic heterocycles. The molecule has 0 aliphatic rings. The Morgan fingerprint density at radius 1 is 1.30 bits per heavy atom. The minimum absolute atomic E-state index is 0.214. The first-order valence-corrected chi connectivity index (χ1v) is 6.90. The Bertz CT molecular complexity index is 589. The van der Waals surface area contributed by atoms with Gasteiger partial charge in [-0.25, -0.2) is 4.98 Å². The average molecular weight is 273 g/mol. The first-order valence-electron chi connectivity index (χ1n) is 6.90. The SMILES string of the molecule is COCC(C)Nc1nc(C)cn1-c1ccc(C)cc1C. The molecular weight excluding hydrogens is 250 g/mol. The number of imidazole rings is 1. The van der Waals surface area contributed by atoms with E-state index < -0.39 is 0 Å². The third kappa shape index (κ3) is 3.20. The molecular formula is C16H23N3O. The van der Waals surface area contributed by atoms with Crippen LogP contribution in [-0.4, -0.2) is 29.3 Å². The van der Waals surface area contributed by atoms with E-state index in [1.54, 1.807) is 7.11 Å². The first-order chi connectivity index (χ1) is 9.51. The van der Waals surface area contributed by atoms with Gasteiger partial charge in [-0.3, -0.25) is 4.57 Å². The van der Waals surface area contributed by atoms with Crippen LogP contribution in [0, 0.1) is 20.8 Å². The maximum absolute atomic E-state index is 5.17. The minimum Gasteiger partial charge on any atom is -0.383 e. The summed E-state index contributed by atoms with van der Waals surface area (Å²) in [4.78, 5) is 4.57. The third-order valence-electron chi connectivity index (χ3n) is 3.23. The van der Waals surface area contributed by atoms with Crippen molar-refractivity contribution < 1.29 is 4.74 Å². The Labute approximate surface area is 120 Å². The third-order valence-corrected chi connectivity index (χ3v) is 3.23. The standard InChI is InChI=1S/C16H23N3O/c1-11-6-7-15(12(2)8-11)19-9-13(3)17-16(19)18-14(4)10-20-5/h6-9,14H,10H2,1-5H3,(H,17,18). The van der Waals surface area contributed by atoms with Crippen molar-refractivity contribution in [2.75, 3.05) is 19.0 Å². The highest BCUT2D eigenvalue weighted by Gasteiger charge is 2.12. The van der Waals surface area contributed by atoms with Crippen LogP contribution < -0.4 is 5.32 Å². The van der Waals surface area contributed by atoms with Gasteiger partial charge in [0.2, 0.25) is 5.95 Å². The monoisotopic (exact) mass is 273 g/mol. The molecule has 1 aromatic carbocycles. The van der Waals surface area contributed by atoms with E-state index in [1.165, 1.54) is 11.1 Å². The second kappa shape index (κ2) is 6.09. The zero-order valence-electron chi connectivity index (χ0n) is 12.9.